The number of ketones is 1. The molecule has 3 aromatic rings. The minimum Gasteiger partial charge on any atom is -0.507 e. The number of aryl methyl sites for hydroxylation is 2. The molecule has 2 N–H and O–H groups in total. The highest BCUT2D eigenvalue weighted by atomic mass is 35.5. The van der Waals surface area contributed by atoms with E-state index >= 15 is 0 Å². The number of benzene rings is 3. The molecule has 1 unspecified atom stereocenters. The number of carbonyl (C=O) groups is 2. The molecule has 178 valence electrons. The van der Waals surface area contributed by atoms with Crippen molar-refractivity contribution >= 4 is 34.7 Å². The third-order valence-corrected chi connectivity index (χ3v) is 6.91. The van der Waals surface area contributed by atoms with Crippen LogP contribution in [0.2, 0.25) is 5.02 Å². The molecule has 1 fully saturated rings. The van der Waals surface area contributed by atoms with E-state index < -0.39 is 17.7 Å². The van der Waals surface area contributed by atoms with Crippen LogP contribution in [0.4, 0.5) is 5.69 Å². The van der Waals surface area contributed by atoms with Crippen molar-refractivity contribution < 1.29 is 24.5 Å². The number of aliphatic hydroxyl groups excluding tert-OH is 1. The van der Waals surface area contributed by atoms with Gasteiger partial charge in [0.05, 0.1) is 18.7 Å². The van der Waals surface area contributed by atoms with Crippen molar-refractivity contribution in [3.8, 4) is 11.5 Å². The van der Waals surface area contributed by atoms with Gasteiger partial charge in [0.2, 0.25) is 0 Å². The molecule has 35 heavy (non-hydrogen) atoms. The normalized spacial score (nSPS) is 19.0. The first-order valence-corrected chi connectivity index (χ1v) is 11.8. The highest BCUT2D eigenvalue weighted by Gasteiger charge is 2.47. The van der Waals surface area contributed by atoms with Crippen molar-refractivity contribution in [3.63, 3.8) is 0 Å². The molecule has 6 nitrogen and oxygen atoms in total. The Balaban J connectivity index is 1.71. The molecule has 1 heterocycles. The van der Waals surface area contributed by atoms with Gasteiger partial charge >= 0.3 is 0 Å². The Bertz CT molecular complexity index is 1380. The van der Waals surface area contributed by atoms with E-state index in [2.05, 4.69) is 0 Å². The number of hydrogen-bond donors (Lipinski definition) is 2. The van der Waals surface area contributed by atoms with Crippen molar-refractivity contribution in [1.29, 1.82) is 0 Å². The molecule has 0 saturated carbocycles. The van der Waals surface area contributed by atoms with E-state index in [1.54, 1.807) is 42.5 Å². The number of aliphatic hydroxyl groups is 1. The van der Waals surface area contributed by atoms with Crippen LogP contribution in [0.1, 0.15) is 41.1 Å². The molecular weight excluding hydrogens is 466 g/mol. The van der Waals surface area contributed by atoms with E-state index in [9.17, 15) is 19.8 Å². The van der Waals surface area contributed by atoms with Crippen molar-refractivity contribution in [2.24, 2.45) is 0 Å². The Morgan fingerprint density at radius 1 is 1.00 bits per heavy atom. The van der Waals surface area contributed by atoms with Gasteiger partial charge in [0.25, 0.3) is 11.7 Å². The van der Waals surface area contributed by atoms with Crippen LogP contribution in [-0.4, -0.2) is 29.0 Å². The molecule has 0 aromatic heterocycles. The highest BCUT2D eigenvalue weighted by molar-refractivity contribution is 6.51. The summed E-state index contributed by atoms with van der Waals surface area (Å²) in [7, 11) is 1.43. The van der Waals surface area contributed by atoms with Crippen LogP contribution in [0.3, 0.4) is 0 Å². The van der Waals surface area contributed by atoms with Crippen LogP contribution in [0.5, 0.6) is 11.5 Å². The fraction of sp³-hybridized carbons (Fsp3) is 0.214. The Labute approximate surface area is 208 Å². The number of nitrogens with zero attached hydrogens (tertiary/aromatic N) is 1. The smallest absolute Gasteiger partial charge is 0.300 e. The molecule has 1 atom stereocenters. The molecule has 1 aliphatic carbocycles. The Morgan fingerprint density at radius 3 is 2.49 bits per heavy atom. The van der Waals surface area contributed by atoms with Gasteiger partial charge in [0.15, 0.2) is 11.5 Å². The minimum absolute atomic E-state index is 0.0460. The van der Waals surface area contributed by atoms with Gasteiger partial charge in [-0.1, -0.05) is 35.9 Å². The van der Waals surface area contributed by atoms with Crippen LogP contribution in [0, 0.1) is 0 Å². The Kier molecular flexibility index (Phi) is 5.99. The zero-order valence-electron chi connectivity index (χ0n) is 19.1. The molecule has 7 heteroatoms. The van der Waals surface area contributed by atoms with Gasteiger partial charge in [-0.25, -0.2) is 0 Å². The number of phenolic OH excluding ortho intramolecular Hbond substituents is 1. The zero-order valence-corrected chi connectivity index (χ0v) is 19.9. The van der Waals surface area contributed by atoms with Gasteiger partial charge in [-0.2, -0.15) is 0 Å². The number of aromatic hydroxyl groups is 1. The molecular formula is C28H24ClNO5. The number of methoxy groups -OCH3 is 1. The third-order valence-electron chi connectivity index (χ3n) is 6.67. The fourth-order valence-corrected chi connectivity index (χ4v) is 5.14. The second-order valence-electron chi connectivity index (χ2n) is 8.77. The van der Waals surface area contributed by atoms with Gasteiger partial charge in [-0.3, -0.25) is 14.5 Å². The molecule has 3 aromatic carbocycles. The van der Waals surface area contributed by atoms with E-state index in [0.717, 1.165) is 31.2 Å². The number of ether oxygens (including phenoxy) is 1. The number of rotatable bonds is 4. The van der Waals surface area contributed by atoms with Gasteiger partial charge in [0, 0.05) is 16.3 Å². The predicted octanol–water partition coefficient (Wildman–Crippen LogP) is 5.56. The lowest BCUT2D eigenvalue weighted by molar-refractivity contribution is -0.132. The first kappa shape index (κ1) is 23.0. The van der Waals surface area contributed by atoms with E-state index in [-0.39, 0.29) is 22.8 Å². The van der Waals surface area contributed by atoms with Gasteiger partial charge in [-0.15, -0.1) is 0 Å². The summed E-state index contributed by atoms with van der Waals surface area (Å²) in [5.41, 5.74) is 3.67. The van der Waals surface area contributed by atoms with Crippen LogP contribution in [0.15, 0.2) is 66.2 Å². The van der Waals surface area contributed by atoms with E-state index in [0.29, 0.717) is 21.8 Å². The maximum atomic E-state index is 13.3. The van der Waals surface area contributed by atoms with E-state index in [1.807, 2.05) is 12.1 Å². The maximum absolute atomic E-state index is 13.3. The van der Waals surface area contributed by atoms with Gasteiger partial charge in [0.1, 0.15) is 5.76 Å². The number of phenols is 1. The average Bonchev–Trinajstić information content (AvgIpc) is 3.13. The van der Waals surface area contributed by atoms with Gasteiger partial charge < -0.3 is 14.9 Å². The molecule has 1 amide bonds. The van der Waals surface area contributed by atoms with Gasteiger partial charge in [-0.05, 0) is 78.8 Å². The lowest BCUT2D eigenvalue weighted by Crippen LogP contribution is -2.29. The molecule has 0 radical (unpaired) electrons. The highest BCUT2D eigenvalue weighted by Crippen LogP contribution is 2.44. The van der Waals surface area contributed by atoms with Crippen molar-refractivity contribution in [3.05, 3.63) is 93.5 Å². The van der Waals surface area contributed by atoms with Crippen LogP contribution < -0.4 is 9.64 Å². The predicted molar refractivity (Wildman–Crippen MR) is 134 cm³/mol. The first-order chi connectivity index (χ1) is 16.9. The summed E-state index contributed by atoms with van der Waals surface area (Å²) >= 11 is 6.19. The SMILES string of the molecule is COc1ccc(C2/C(=C(/O)c3ccc4c(c3)CCCC4)C(=O)C(=O)N2c2cccc(Cl)c2)cc1O. The largest absolute Gasteiger partial charge is 0.507 e. The molecule has 1 saturated heterocycles. The van der Waals surface area contributed by atoms with Crippen molar-refractivity contribution in [2.75, 3.05) is 12.0 Å². The number of halogens is 1. The molecule has 1 aliphatic heterocycles. The lowest BCUT2D eigenvalue weighted by atomic mass is 9.88. The quantitative estimate of drug-likeness (QED) is 0.284. The monoisotopic (exact) mass is 489 g/mol. The number of amides is 1. The minimum atomic E-state index is -0.971. The topological polar surface area (TPSA) is 87.1 Å². The van der Waals surface area contributed by atoms with E-state index in [1.165, 1.54) is 23.6 Å². The van der Waals surface area contributed by atoms with Crippen molar-refractivity contribution in [1.82, 2.24) is 0 Å². The van der Waals surface area contributed by atoms with Crippen molar-refractivity contribution in [2.45, 2.75) is 31.7 Å². The summed E-state index contributed by atoms with van der Waals surface area (Å²) < 4.78 is 5.15. The van der Waals surface area contributed by atoms with Crippen LogP contribution in [0.25, 0.3) is 5.76 Å². The summed E-state index contributed by atoms with van der Waals surface area (Å²) in [6.07, 6.45) is 4.09. The zero-order chi connectivity index (χ0) is 24.7. The fourth-order valence-electron chi connectivity index (χ4n) is 4.95. The first-order valence-electron chi connectivity index (χ1n) is 11.4. The molecule has 0 spiro atoms. The number of hydrogen-bond acceptors (Lipinski definition) is 5. The number of carbonyl (C=O) groups excluding carboxylic acids is 2. The van der Waals surface area contributed by atoms with E-state index in [4.69, 9.17) is 16.3 Å². The number of anilines is 1. The summed E-state index contributed by atoms with van der Waals surface area (Å²) in [5.74, 6) is -1.73. The second-order valence-corrected chi connectivity index (χ2v) is 9.21. The third kappa shape index (κ3) is 4.04. The average molecular weight is 490 g/mol. The maximum Gasteiger partial charge on any atom is 0.300 e. The Hall–Kier alpha value is -3.77. The summed E-state index contributed by atoms with van der Waals surface area (Å²) in [4.78, 5) is 27.9. The molecule has 0 bridgehead atoms. The second kappa shape index (κ2) is 9.12. The standard InChI is InChI=1S/C28H24ClNO5/c1-35-23-12-11-18(14-22(23)31)25-24(26(32)19-10-9-16-5-2-3-6-17(16)13-19)27(33)28(34)30(25)21-8-4-7-20(29)15-21/h4,7-15,25,31-32H,2-3,5-6H2,1H3/b26-24-. The Morgan fingerprint density at radius 2 is 1.77 bits per heavy atom. The molecule has 2 aliphatic rings. The summed E-state index contributed by atoms with van der Waals surface area (Å²) in [5, 5.41) is 22.2. The van der Waals surface area contributed by atoms with Crippen LogP contribution >= 0.6 is 11.6 Å². The summed E-state index contributed by atoms with van der Waals surface area (Å²) in [6, 6.07) is 16.0. The summed E-state index contributed by atoms with van der Waals surface area (Å²) in [6.45, 7) is 0. The number of Topliss-reactive ketones (excluding diaryl/α,β-unsaturated/α-hetero) is 1. The van der Waals surface area contributed by atoms with Crippen LogP contribution in [-0.2, 0) is 22.4 Å². The number of fused-ring (bicyclic) bond motifs is 1. The molecule has 5 rings (SSSR count). The lowest BCUT2D eigenvalue weighted by Gasteiger charge is -2.26.